The number of nitrogens with one attached hydrogen (secondary N) is 1. The molecule has 3 nitrogen and oxygen atoms in total. The number of thiocarbonyl (C=S) groups is 1. The summed E-state index contributed by atoms with van der Waals surface area (Å²) in [5.74, 6) is 0.874. The van der Waals surface area contributed by atoms with Crippen LogP contribution in [-0.4, -0.2) is 16.5 Å². The molecule has 0 saturated heterocycles. The predicted octanol–water partition coefficient (Wildman–Crippen LogP) is 2.81. The highest BCUT2D eigenvalue weighted by Gasteiger charge is 2.17. The third-order valence-corrected chi connectivity index (χ3v) is 3.61. The topological polar surface area (TPSA) is 50.9 Å². The van der Waals surface area contributed by atoms with Crippen molar-refractivity contribution in [2.24, 2.45) is 5.73 Å². The molecule has 18 heavy (non-hydrogen) atoms. The van der Waals surface area contributed by atoms with Gasteiger partial charge in [-0.2, -0.15) is 0 Å². The number of nitrogens with zero attached hydrogens (tertiary/aromatic N) is 1. The largest absolute Gasteiger partial charge is 0.389 e. The fourth-order valence-corrected chi connectivity index (χ4v) is 2.53. The molecule has 0 aromatic carbocycles. The first-order chi connectivity index (χ1) is 8.72. The molecule has 0 fully saturated rings. The highest BCUT2D eigenvalue weighted by atomic mass is 32.1. The molecular weight excluding hydrogens is 242 g/mol. The quantitative estimate of drug-likeness (QED) is 0.612. The zero-order valence-electron chi connectivity index (χ0n) is 11.0. The number of rotatable bonds is 6. The van der Waals surface area contributed by atoms with E-state index in [1.165, 1.54) is 30.5 Å². The average Bonchev–Trinajstić information content (AvgIpc) is 2.80. The van der Waals surface area contributed by atoms with Crippen molar-refractivity contribution in [1.82, 2.24) is 4.98 Å². The second-order valence-corrected chi connectivity index (χ2v) is 5.28. The van der Waals surface area contributed by atoms with Gasteiger partial charge >= 0.3 is 0 Å². The number of nitrogens with two attached hydrogens (primary N) is 1. The molecule has 0 saturated carbocycles. The molecule has 0 radical (unpaired) electrons. The number of aryl methyl sites for hydroxylation is 2. The van der Waals surface area contributed by atoms with E-state index in [2.05, 4.69) is 18.3 Å². The van der Waals surface area contributed by atoms with Gasteiger partial charge in [0.25, 0.3) is 0 Å². The van der Waals surface area contributed by atoms with Crippen molar-refractivity contribution >= 4 is 23.0 Å². The summed E-state index contributed by atoms with van der Waals surface area (Å²) in [5, 5.41) is 3.38. The summed E-state index contributed by atoms with van der Waals surface area (Å²) in [6.45, 7) is 3.14. The fraction of sp³-hybridized carbons (Fsp3) is 0.571. The molecule has 0 spiro atoms. The van der Waals surface area contributed by atoms with Gasteiger partial charge in [0.05, 0.1) is 5.56 Å². The maximum Gasteiger partial charge on any atom is 0.136 e. The lowest BCUT2D eigenvalue weighted by Gasteiger charge is -2.12. The van der Waals surface area contributed by atoms with Crippen molar-refractivity contribution in [3.05, 3.63) is 22.9 Å². The zero-order chi connectivity index (χ0) is 13.0. The van der Waals surface area contributed by atoms with E-state index in [-0.39, 0.29) is 0 Å². The third-order valence-electron chi connectivity index (χ3n) is 3.39. The molecule has 0 amide bonds. The van der Waals surface area contributed by atoms with Gasteiger partial charge in [-0.15, -0.1) is 0 Å². The lowest BCUT2D eigenvalue weighted by Crippen LogP contribution is -2.16. The van der Waals surface area contributed by atoms with Crippen LogP contribution in [0.25, 0.3) is 0 Å². The molecule has 2 rings (SSSR count). The Morgan fingerprint density at radius 3 is 3.00 bits per heavy atom. The van der Waals surface area contributed by atoms with Gasteiger partial charge in [-0.05, 0) is 37.3 Å². The highest BCUT2D eigenvalue weighted by Crippen LogP contribution is 2.25. The SMILES string of the molecule is CCCCCNc1nc2c(cc1C(N)=S)CCC2. The number of hydrogen-bond acceptors (Lipinski definition) is 3. The molecule has 0 unspecified atom stereocenters. The Morgan fingerprint density at radius 2 is 2.28 bits per heavy atom. The zero-order valence-corrected chi connectivity index (χ0v) is 11.8. The van der Waals surface area contributed by atoms with Crippen LogP contribution in [0.1, 0.15) is 49.4 Å². The highest BCUT2D eigenvalue weighted by molar-refractivity contribution is 7.80. The van der Waals surface area contributed by atoms with Crippen LogP contribution in [0.4, 0.5) is 5.82 Å². The predicted molar refractivity (Wildman–Crippen MR) is 80.2 cm³/mol. The summed E-state index contributed by atoms with van der Waals surface area (Å²) in [6, 6.07) is 2.12. The molecular formula is C14H21N3S. The van der Waals surface area contributed by atoms with Crippen LogP contribution in [-0.2, 0) is 12.8 Å². The van der Waals surface area contributed by atoms with Crippen LogP contribution >= 0.6 is 12.2 Å². The summed E-state index contributed by atoms with van der Waals surface area (Å²) < 4.78 is 0. The normalized spacial score (nSPS) is 13.4. The van der Waals surface area contributed by atoms with Crippen molar-refractivity contribution in [3.8, 4) is 0 Å². The van der Waals surface area contributed by atoms with Crippen molar-refractivity contribution in [3.63, 3.8) is 0 Å². The Hall–Kier alpha value is -1.16. The van der Waals surface area contributed by atoms with Crippen molar-refractivity contribution in [1.29, 1.82) is 0 Å². The Bertz CT molecular complexity index is 443. The molecule has 4 heteroatoms. The number of anilines is 1. The summed E-state index contributed by atoms with van der Waals surface area (Å²) in [5.41, 5.74) is 9.23. The third kappa shape index (κ3) is 2.99. The smallest absolute Gasteiger partial charge is 0.136 e. The maximum absolute atomic E-state index is 5.79. The number of hydrogen-bond donors (Lipinski definition) is 2. The minimum absolute atomic E-state index is 0.440. The molecule has 1 aliphatic carbocycles. The van der Waals surface area contributed by atoms with Crippen LogP contribution < -0.4 is 11.1 Å². The van der Waals surface area contributed by atoms with Gasteiger partial charge in [-0.25, -0.2) is 4.98 Å². The monoisotopic (exact) mass is 263 g/mol. The van der Waals surface area contributed by atoms with Crippen LogP contribution in [0.15, 0.2) is 6.07 Å². The minimum atomic E-state index is 0.440. The van der Waals surface area contributed by atoms with Crippen molar-refractivity contribution < 1.29 is 0 Å². The van der Waals surface area contributed by atoms with Crippen LogP contribution in [0, 0.1) is 0 Å². The van der Waals surface area contributed by atoms with Gasteiger partial charge < -0.3 is 11.1 Å². The molecule has 98 valence electrons. The summed E-state index contributed by atoms with van der Waals surface area (Å²) in [4.78, 5) is 5.13. The molecule has 1 heterocycles. The number of aromatic nitrogens is 1. The van der Waals surface area contributed by atoms with Gasteiger partial charge in [-0.3, -0.25) is 0 Å². The minimum Gasteiger partial charge on any atom is -0.389 e. The Balaban J connectivity index is 2.14. The van der Waals surface area contributed by atoms with Crippen LogP contribution in [0.5, 0.6) is 0 Å². The maximum atomic E-state index is 5.79. The molecule has 3 N–H and O–H groups in total. The van der Waals surface area contributed by atoms with E-state index < -0.39 is 0 Å². The van der Waals surface area contributed by atoms with Crippen LogP contribution in [0.3, 0.4) is 0 Å². The van der Waals surface area contributed by atoms with Gasteiger partial charge in [-0.1, -0.05) is 32.0 Å². The second kappa shape index (κ2) is 6.14. The Morgan fingerprint density at radius 1 is 1.44 bits per heavy atom. The van der Waals surface area contributed by atoms with E-state index >= 15 is 0 Å². The van der Waals surface area contributed by atoms with Crippen molar-refractivity contribution in [2.45, 2.75) is 45.4 Å². The molecule has 0 bridgehead atoms. The first kappa shape index (κ1) is 13.3. The standard InChI is InChI=1S/C14H21N3S/c1-2-3-4-8-16-14-11(13(15)18)9-10-6-5-7-12(10)17-14/h9H,2-8H2,1H3,(H2,15,18)(H,16,17). The molecule has 1 aromatic rings. The molecule has 0 atom stereocenters. The lowest BCUT2D eigenvalue weighted by atomic mass is 10.1. The van der Waals surface area contributed by atoms with E-state index in [0.29, 0.717) is 4.99 Å². The van der Waals surface area contributed by atoms with Gasteiger partial charge in [0, 0.05) is 12.2 Å². The van der Waals surface area contributed by atoms with E-state index in [1.54, 1.807) is 0 Å². The van der Waals surface area contributed by atoms with Gasteiger partial charge in [0.1, 0.15) is 10.8 Å². The molecule has 1 aliphatic rings. The second-order valence-electron chi connectivity index (χ2n) is 4.84. The van der Waals surface area contributed by atoms with E-state index in [0.717, 1.165) is 37.2 Å². The first-order valence-electron chi connectivity index (χ1n) is 6.79. The summed E-state index contributed by atoms with van der Waals surface area (Å²) in [6.07, 6.45) is 7.00. The Kier molecular flexibility index (Phi) is 4.53. The van der Waals surface area contributed by atoms with E-state index in [9.17, 15) is 0 Å². The number of fused-ring (bicyclic) bond motifs is 1. The van der Waals surface area contributed by atoms with Crippen LogP contribution in [0.2, 0.25) is 0 Å². The molecule has 1 aromatic heterocycles. The average molecular weight is 263 g/mol. The van der Waals surface area contributed by atoms with Gasteiger partial charge in [0.15, 0.2) is 0 Å². The molecule has 0 aliphatic heterocycles. The van der Waals surface area contributed by atoms with Gasteiger partial charge in [0.2, 0.25) is 0 Å². The summed E-state index contributed by atoms with van der Waals surface area (Å²) >= 11 is 5.12. The lowest BCUT2D eigenvalue weighted by molar-refractivity contribution is 0.742. The van der Waals surface area contributed by atoms with Crippen molar-refractivity contribution in [2.75, 3.05) is 11.9 Å². The first-order valence-corrected chi connectivity index (χ1v) is 7.19. The Labute approximate surface area is 114 Å². The number of pyridine rings is 1. The fourth-order valence-electron chi connectivity index (χ4n) is 2.38. The van der Waals surface area contributed by atoms with E-state index in [1.807, 2.05) is 0 Å². The summed E-state index contributed by atoms with van der Waals surface area (Å²) in [7, 11) is 0. The number of unbranched alkanes of at least 4 members (excludes halogenated alkanes) is 2. The van der Waals surface area contributed by atoms with E-state index in [4.69, 9.17) is 22.9 Å².